The van der Waals surface area contributed by atoms with E-state index in [1.54, 1.807) is 40.8 Å². The van der Waals surface area contributed by atoms with Crippen molar-refractivity contribution in [3.63, 3.8) is 0 Å². The smallest absolute Gasteiger partial charge is 0.298 e. The summed E-state index contributed by atoms with van der Waals surface area (Å²) in [5, 5.41) is 5.13. The largest absolute Gasteiger partial charge is 0.439 e. The zero-order valence-corrected chi connectivity index (χ0v) is 19.0. The van der Waals surface area contributed by atoms with Crippen LogP contribution in [0.2, 0.25) is 0 Å². The number of likely N-dealkylation sites (tertiary alicyclic amines) is 1. The molecule has 0 saturated carbocycles. The number of carbonyl (C=O) groups excluding carboxylic acids is 1. The molecule has 176 valence electrons. The quantitative estimate of drug-likeness (QED) is 0.358. The molecule has 0 spiro atoms. The zero-order chi connectivity index (χ0) is 24.4. The van der Waals surface area contributed by atoms with Gasteiger partial charge in [-0.25, -0.2) is 14.6 Å². The number of amides is 1. The molecule has 5 rings (SSSR count). The Kier molecular flexibility index (Phi) is 5.97. The molecule has 0 aliphatic carbocycles. The van der Waals surface area contributed by atoms with E-state index in [1.807, 2.05) is 18.2 Å². The molecule has 1 fully saturated rings. The fraction of sp³-hybridized carbons (Fsp3) is 0.240. The van der Waals surface area contributed by atoms with Gasteiger partial charge in [-0.05, 0) is 43.9 Å². The highest BCUT2D eigenvalue weighted by Crippen LogP contribution is 2.35. The monoisotopic (exact) mass is 471 g/mol. The molecule has 1 aliphatic heterocycles. The third-order valence-electron chi connectivity index (χ3n) is 5.82. The van der Waals surface area contributed by atoms with Gasteiger partial charge in [0.25, 0.3) is 5.91 Å². The van der Waals surface area contributed by atoms with Gasteiger partial charge in [-0.1, -0.05) is 24.1 Å². The van der Waals surface area contributed by atoms with Crippen LogP contribution in [0.25, 0.3) is 22.3 Å². The third kappa shape index (κ3) is 4.36. The molecule has 1 aromatic carbocycles. The maximum Gasteiger partial charge on any atom is 0.298 e. The van der Waals surface area contributed by atoms with Crippen molar-refractivity contribution in [3.05, 3.63) is 54.7 Å². The molecular formula is C25H22FN7O2. The number of anilines is 1. The number of fused-ring (bicyclic) bond motifs is 1. The Morgan fingerprint density at radius 2 is 2.03 bits per heavy atom. The van der Waals surface area contributed by atoms with Crippen LogP contribution in [0, 0.1) is 17.8 Å². The van der Waals surface area contributed by atoms with Gasteiger partial charge in [-0.3, -0.25) is 4.79 Å². The molecular weight excluding hydrogens is 449 g/mol. The fourth-order valence-corrected chi connectivity index (χ4v) is 4.22. The van der Waals surface area contributed by atoms with Crippen molar-refractivity contribution in [2.24, 2.45) is 0 Å². The first-order chi connectivity index (χ1) is 17.0. The standard InChI is InChI=1S/C25H22FN7O2/c1-2-7-20(34)32-13-6-8-16(14-32)33-25-21(24(27)28-15-29-25)22(31-33)18-11-12-19(30-23(18)26)35-17-9-4-3-5-10-17/h3-5,9-12,15-16H,6,8,13-14H2,1H3,(H2,27,28,29)/t16-/m1/s1. The summed E-state index contributed by atoms with van der Waals surface area (Å²) in [6.07, 6.45) is 2.90. The Morgan fingerprint density at radius 3 is 2.80 bits per heavy atom. The van der Waals surface area contributed by atoms with Crippen LogP contribution >= 0.6 is 0 Å². The zero-order valence-electron chi connectivity index (χ0n) is 19.0. The van der Waals surface area contributed by atoms with Crippen molar-refractivity contribution in [2.75, 3.05) is 18.8 Å². The summed E-state index contributed by atoms with van der Waals surface area (Å²) in [7, 11) is 0. The number of hydrogen-bond donors (Lipinski definition) is 1. The van der Waals surface area contributed by atoms with Crippen LogP contribution in [0.1, 0.15) is 25.8 Å². The number of nitrogens with zero attached hydrogens (tertiary/aromatic N) is 6. The minimum Gasteiger partial charge on any atom is -0.439 e. The van der Waals surface area contributed by atoms with Crippen molar-refractivity contribution in [2.45, 2.75) is 25.8 Å². The normalized spacial score (nSPS) is 15.5. The molecule has 1 saturated heterocycles. The highest BCUT2D eigenvalue weighted by Gasteiger charge is 2.29. The number of pyridine rings is 1. The lowest BCUT2D eigenvalue weighted by molar-refractivity contribution is -0.126. The molecule has 4 aromatic rings. The second kappa shape index (κ2) is 9.38. The predicted octanol–water partition coefficient (Wildman–Crippen LogP) is 3.59. The van der Waals surface area contributed by atoms with Crippen molar-refractivity contribution >= 4 is 22.8 Å². The van der Waals surface area contributed by atoms with Crippen molar-refractivity contribution < 1.29 is 13.9 Å². The van der Waals surface area contributed by atoms with E-state index in [0.29, 0.717) is 29.9 Å². The lowest BCUT2D eigenvalue weighted by Crippen LogP contribution is -2.40. The number of benzene rings is 1. The van der Waals surface area contributed by atoms with Gasteiger partial charge in [0.15, 0.2) is 5.65 Å². The predicted molar refractivity (Wildman–Crippen MR) is 128 cm³/mol. The summed E-state index contributed by atoms with van der Waals surface area (Å²) in [6, 6.07) is 11.9. The van der Waals surface area contributed by atoms with E-state index in [9.17, 15) is 4.79 Å². The van der Waals surface area contributed by atoms with Crippen LogP contribution in [-0.4, -0.2) is 48.6 Å². The maximum atomic E-state index is 15.2. The Bertz CT molecular complexity index is 1460. The number of para-hydroxylation sites is 1. The first-order valence-corrected chi connectivity index (χ1v) is 11.2. The third-order valence-corrected chi connectivity index (χ3v) is 5.82. The Morgan fingerprint density at radius 1 is 1.20 bits per heavy atom. The summed E-state index contributed by atoms with van der Waals surface area (Å²) in [5.74, 6) is 5.09. The van der Waals surface area contributed by atoms with Gasteiger partial charge in [0.05, 0.1) is 17.0 Å². The number of aromatic nitrogens is 5. The molecule has 1 atom stereocenters. The number of hydrogen-bond acceptors (Lipinski definition) is 7. The molecule has 1 aliphatic rings. The van der Waals surface area contributed by atoms with Crippen LogP contribution in [0.3, 0.4) is 0 Å². The summed E-state index contributed by atoms with van der Waals surface area (Å²) in [5.41, 5.74) is 7.08. The number of nitrogen functional groups attached to an aromatic ring is 1. The van der Waals surface area contributed by atoms with E-state index in [0.717, 1.165) is 12.8 Å². The van der Waals surface area contributed by atoms with Crippen LogP contribution in [0.5, 0.6) is 11.6 Å². The molecule has 2 N–H and O–H groups in total. The molecule has 0 unspecified atom stereocenters. The number of ether oxygens (including phenoxy) is 1. The van der Waals surface area contributed by atoms with E-state index in [-0.39, 0.29) is 34.9 Å². The van der Waals surface area contributed by atoms with Gasteiger partial charge in [0, 0.05) is 19.2 Å². The average molecular weight is 471 g/mol. The molecule has 0 radical (unpaired) electrons. The van der Waals surface area contributed by atoms with Crippen molar-refractivity contribution in [3.8, 4) is 34.7 Å². The van der Waals surface area contributed by atoms with E-state index in [2.05, 4.69) is 26.8 Å². The van der Waals surface area contributed by atoms with Gasteiger partial charge in [-0.2, -0.15) is 14.5 Å². The Hall–Kier alpha value is -4.52. The minimum atomic E-state index is -0.757. The number of rotatable bonds is 4. The topological polar surface area (TPSA) is 112 Å². The summed E-state index contributed by atoms with van der Waals surface area (Å²) < 4.78 is 22.6. The first-order valence-electron chi connectivity index (χ1n) is 11.2. The molecule has 1 amide bonds. The van der Waals surface area contributed by atoms with Gasteiger partial charge in [0.2, 0.25) is 11.8 Å². The van der Waals surface area contributed by atoms with E-state index in [4.69, 9.17) is 15.6 Å². The lowest BCUT2D eigenvalue weighted by atomic mass is 10.1. The number of piperidine rings is 1. The molecule has 4 heterocycles. The van der Waals surface area contributed by atoms with Gasteiger partial charge < -0.3 is 15.4 Å². The van der Waals surface area contributed by atoms with Crippen LogP contribution in [-0.2, 0) is 4.79 Å². The van der Waals surface area contributed by atoms with Crippen LogP contribution in [0.15, 0.2) is 48.8 Å². The Balaban J connectivity index is 1.53. The molecule has 0 bridgehead atoms. The summed E-state index contributed by atoms with van der Waals surface area (Å²) >= 11 is 0. The molecule has 9 nitrogen and oxygen atoms in total. The fourth-order valence-electron chi connectivity index (χ4n) is 4.22. The lowest BCUT2D eigenvalue weighted by Gasteiger charge is -2.31. The highest BCUT2D eigenvalue weighted by atomic mass is 19.1. The Labute approximate surface area is 200 Å². The number of halogens is 1. The summed E-state index contributed by atoms with van der Waals surface area (Å²) in [4.78, 5) is 26.5. The highest BCUT2D eigenvalue weighted by molar-refractivity contribution is 5.98. The number of carbonyl (C=O) groups is 1. The van der Waals surface area contributed by atoms with Gasteiger partial charge in [-0.15, -0.1) is 0 Å². The van der Waals surface area contributed by atoms with Crippen LogP contribution in [0.4, 0.5) is 10.2 Å². The van der Waals surface area contributed by atoms with Crippen molar-refractivity contribution in [1.29, 1.82) is 0 Å². The summed E-state index contributed by atoms with van der Waals surface area (Å²) in [6.45, 7) is 2.66. The second-order valence-corrected chi connectivity index (χ2v) is 8.08. The van der Waals surface area contributed by atoms with E-state index in [1.165, 1.54) is 6.33 Å². The van der Waals surface area contributed by atoms with E-state index >= 15 is 4.39 Å². The van der Waals surface area contributed by atoms with Gasteiger partial charge >= 0.3 is 0 Å². The molecule has 10 heteroatoms. The van der Waals surface area contributed by atoms with E-state index < -0.39 is 5.95 Å². The SMILES string of the molecule is CC#CC(=O)N1CCC[C@@H](n2nc(-c3ccc(Oc4ccccc4)nc3F)c3c(N)ncnc32)C1. The minimum absolute atomic E-state index is 0.115. The maximum absolute atomic E-state index is 15.2. The second-order valence-electron chi connectivity index (χ2n) is 8.08. The molecule has 35 heavy (non-hydrogen) atoms. The van der Waals surface area contributed by atoms with Crippen molar-refractivity contribution in [1.82, 2.24) is 29.6 Å². The number of nitrogens with two attached hydrogens (primary N) is 1. The van der Waals surface area contributed by atoms with Crippen LogP contribution < -0.4 is 10.5 Å². The first kappa shape index (κ1) is 22.3. The van der Waals surface area contributed by atoms with Gasteiger partial charge in [0.1, 0.15) is 23.6 Å². The average Bonchev–Trinajstić information content (AvgIpc) is 3.26. The molecule has 3 aromatic heterocycles.